The second kappa shape index (κ2) is 7.36. The number of aromatic nitrogens is 1. The number of non-ortho nitro benzene ring substituents is 1. The zero-order valence-corrected chi connectivity index (χ0v) is 14.1. The van der Waals surface area contributed by atoms with Crippen LogP contribution in [-0.4, -0.2) is 30.9 Å². The van der Waals surface area contributed by atoms with Crippen LogP contribution < -0.4 is 4.72 Å². The molecule has 0 atom stereocenters. The van der Waals surface area contributed by atoms with Gasteiger partial charge in [0.15, 0.2) is 5.13 Å². The van der Waals surface area contributed by atoms with E-state index >= 15 is 0 Å². The Labute approximate surface area is 141 Å². The Bertz CT molecular complexity index is 845. The fourth-order valence-electron chi connectivity index (χ4n) is 1.71. The van der Waals surface area contributed by atoms with Crippen molar-refractivity contribution in [2.45, 2.75) is 18.2 Å². The largest absolute Gasteiger partial charge is 0.466 e. The van der Waals surface area contributed by atoms with Crippen molar-refractivity contribution in [3.05, 3.63) is 45.5 Å². The summed E-state index contributed by atoms with van der Waals surface area (Å²) in [6, 6.07) is 4.46. The first-order valence-corrected chi connectivity index (χ1v) is 8.99. The number of rotatable bonds is 7. The molecule has 1 N–H and O–H groups in total. The fraction of sp³-hybridized carbons (Fsp3) is 0.231. The molecular formula is C13H13N3O6S2. The molecule has 0 spiro atoms. The summed E-state index contributed by atoms with van der Waals surface area (Å²) in [5.41, 5.74) is -0.208. The Morgan fingerprint density at radius 2 is 2.04 bits per heavy atom. The van der Waals surface area contributed by atoms with Crippen molar-refractivity contribution in [2.75, 3.05) is 11.3 Å². The highest BCUT2D eigenvalue weighted by Gasteiger charge is 2.18. The lowest BCUT2D eigenvalue weighted by Gasteiger charge is -2.04. The van der Waals surface area contributed by atoms with E-state index in [1.165, 1.54) is 6.20 Å². The lowest BCUT2D eigenvalue weighted by atomic mass is 10.3. The lowest BCUT2D eigenvalue weighted by Crippen LogP contribution is -2.12. The van der Waals surface area contributed by atoms with Crippen molar-refractivity contribution < 1.29 is 22.9 Å². The van der Waals surface area contributed by atoms with Gasteiger partial charge in [-0.05, 0) is 19.1 Å². The van der Waals surface area contributed by atoms with Gasteiger partial charge in [-0.1, -0.05) is 0 Å². The Hall–Kier alpha value is -2.53. The molecule has 0 aliphatic carbocycles. The highest BCUT2D eigenvalue weighted by Crippen LogP contribution is 2.23. The molecule has 1 aromatic heterocycles. The van der Waals surface area contributed by atoms with Crippen LogP contribution in [0.5, 0.6) is 0 Å². The minimum atomic E-state index is -3.92. The van der Waals surface area contributed by atoms with Crippen LogP contribution in [0.1, 0.15) is 11.8 Å². The third-order valence-electron chi connectivity index (χ3n) is 2.76. The highest BCUT2D eigenvalue weighted by molar-refractivity contribution is 7.93. The number of nitro groups is 1. The molecule has 0 bridgehead atoms. The third-order valence-corrected chi connectivity index (χ3v) is 5.15. The lowest BCUT2D eigenvalue weighted by molar-refractivity contribution is -0.384. The maximum absolute atomic E-state index is 12.2. The van der Waals surface area contributed by atoms with Crippen LogP contribution in [0.3, 0.4) is 0 Å². The molecule has 128 valence electrons. The molecule has 24 heavy (non-hydrogen) atoms. The van der Waals surface area contributed by atoms with Crippen LogP contribution in [0, 0.1) is 10.1 Å². The van der Waals surface area contributed by atoms with E-state index in [4.69, 9.17) is 4.74 Å². The van der Waals surface area contributed by atoms with Gasteiger partial charge in [-0.15, -0.1) is 11.3 Å². The molecule has 9 nitrogen and oxygen atoms in total. The summed E-state index contributed by atoms with van der Waals surface area (Å²) < 4.78 is 31.5. The topological polar surface area (TPSA) is 128 Å². The van der Waals surface area contributed by atoms with E-state index in [0.717, 1.165) is 35.6 Å². The molecular weight excluding hydrogens is 358 g/mol. The van der Waals surface area contributed by atoms with Crippen molar-refractivity contribution in [3.63, 3.8) is 0 Å². The number of anilines is 1. The monoisotopic (exact) mass is 371 g/mol. The number of sulfonamides is 1. The van der Waals surface area contributed by atoms with Gasteiger partial charge in [-0.2, -0.15) is 0 Å². The zero-order chi connectivity index (χ0) is 17.7. The number of nitrogens with zero attached hydrogens (tertiary/aromatic N) is 2. The number of nitro benzene ring substituents is 1. The van der Waals surface area contributed by atoms with E-state index in [0.29, 0.717) is 4.88 Å². The first-order valence-electron chi connectivity index (χ1n) is 6.69. The maximum Gasteiger partial charge on any atom is 0.311 e. The molecule has 2 aromatic rings. The Kier molecular flexibility index (Phi) is 5.46. The number of thiazole rings is 1. The summed E-state index contributed by atoms with van der Waals surface area (Å²) in [7, 11) is -3.92. The summed E-state index contributed by atoms with van der Waals surface area (Å²) in [6.07, 6.45) is 1.39. The molecule has 0 unspecified atom stereocenters. The summed E-state index contributed by atoms with van der Waals surface area (Å²) in [5, 5.41) is 10.7. The summed E-state index contributed by atoms with van der Waals surface area (Å²) in [5.74, 6) is -0.425. The Morgan fingerprint density at radius 3 is 2.62 bits per heavy atom. The van der Waals surface area contributed by atoms with Crippen molar-refractivity contribution >= 4 is 38.1 Å². The first-order chi connectivity index (χ1) is 11.3. The van der Waals surface area contributed by atoms with Crippen LogP contribution in [0.25, 0.3) is 0 Å². The van der Waals surface area contributed by atoms with E-state index in [9.17, 15) is 23.3 Å². The smallest absolute Gasteiger partial charge is 0.311 e. The van der Waals surface area contributed by atoms with Crippen molar-refractivity contribution in [1.29, 1.82) is 0 Å². The number of nitrogens with one attached hydrogen (secondary N) is 1. The van der Waals surface area contributed by atoms with Crippen LogP contribution in [0.4, 0.5) is 10.8 Å². The standard InChI is InChI=1S/C13H13N3O6S2/c1-2-22-12(17)7-10-8-14-13(23-10)15-24(20,21)11-5-3-9(4-6-11)16(18)19/h3-6,8H,2,7H2,1H3,(H,14,15). The molecule has 1 aromatic carbocycles. The molecule has 0 amide bonds. The maximum atomic E-state index is 12.2. The molecule has 0 radical (unpaired) electrons. The number of esters is 1. The fourth-order valence-corrected chi connectivity index (χ4v) is 3.75. The molecule has 0 aliphatic rings. The Morgan fingerprint density at radius 1 is 1.38 bits per heavy atom. The first kappa shape index (κ1) is 17.8. The predicted molar refractivity (Wildman–Crippen MR) is 86.4 cm³/mol. The number of carbonyl (C=O) groups is 1. The third kappa shape index (κ3) is 4.49. The average molecular weight is 371 g/mol. The number of carbonyl (C=O) groups excluding carboxylic acids is 1. The van der Waals surface area contributed by atoms with Gasteiger partial charge < -0.3 is 4.74 Å². The second-order valence-corrected chi connectivity index (χ2v) is 7.27. The van der Waals surface area contributed by atoms with E-state index in [-0.39, 0.29) is 28.7 Å². The highest BCUT2D eigenvalue weighted by atomic mass is 32.2. The average Bonchev–Trinajstić information content (AvgIpc) is 2.93. The SMILES string of the molecule is CCOC(=O)Cc1cnc(NS(=O)(=O)c2ccc([N+](=O)[O-])cc2)s1. The van der Waals surface area contributed by atoms with Crippen molar-refractivity contribution in [1.82, 2.24) is 4.98 Å². The van der Waals surface area contributed by atoms with E-state index < -0.39 is 20.9 Å². The predicted octanol–water partition coefficient (Wildman–Crippen LogP) is 1.96. The van der Waals surface area contributed by atoms with Gasteiger partial charge >= 0.3 is 5.97 Å². The number of ether oxygens (including phenoxy) is 1. The van der Waals surface area contributed by atoms with Gasteiger partial charge in [-0.3, -0.25) is 19.6 Å². The van der Waals surface area contributed by atoms with Gasteiger partial charge in [0, 0.05) is 23.2 Å². The van der Waals surface area contributed by atoms with Gasteiger partial charge in [0.1, 0.15) is 0 Å². The van der Waals surface area contributed by atoms with Crippen LogP contribution in [-0.2, 0) is 26.0 Å². The summed E-state index contributed by atoms with van der Waals surface area (Å²) >= 11 is 1.01. The van der Waals surface area contributed by atoms with Gasteiger partial charge in [-0.25, -0.2) is 13.4 Å². The molecule has 0 fully saturated rings. The normalized spacial score (nSPS) is 11.0. The molecule has 11 heteroatoms. The van der Waals surface area contributed by atoms with Gasteiger partial charge in [0.25, 0.3) is 15.7 Å². The Balaban J connectivity index is 2.10. The van der Waals surface area contributed by atoms with Crippen molar-refractivity contribution in [3.8, 4) is 0 Å². The van der Waals surface area contributed by atoms with Crippen LogP contribution >= 0.6 is 11.3 Å². The van der Waals surface area contributed by atoms with E-state index in [1.807, 2.05) is 0 Å². The number of hydrogen-bond acceptors (Lipinski definition) is 8. The minimum Gasteiger partial charge on any atom is -0.466 e. The van der Waals surface area contributed by atoms with Gasteiger partial charge in [0.2, 0.25) is 0 Å². The van der Waals surface area contributed by atoms with Gasteiger partial charge in [0.05, 0.1) is 22.8 Å². The number of benzene rings is 1. The summed E-state index contributed by atoms with van der Waals surface area (Å²) in [4.78, 5) is 25.7. The summed E-state index contributed by atoms with van der Waals surface area (Å²) in [6.45, 7) is 1.95. The van der Waals surface area contributed by atoms with Crippen molar-refractivity contribution in [2.24, 2.45) is 0 Å². The number of hydrogen-bond donors (Lipinski definition) is 1. The van der Waals surface area contributed by atoms with Crippen LogP contribution in [0.2, 0.25) is 0 Å². The van der Waals surface area contributed by atoms with E-state index in [1.54, 1.807) is 6.92 Å². The zero-order valence-electron chi connectivity index (χ0n) is 12.5. The molecule has 2 rings (SSSR count). The second-order valence-electron chi connectivity index (χ2n) is 4.47. The molecule has 0 aliphatic heterocycles. The minimum absolute atomic E-state index is 0.00473. The molecule has 1 heterocycles. The molecule has 0 saturated carbocycles. The van der Waals surface area contributed by atoms with E-state index in [2.05, 4.69) is 9.71 Å². The van der Waals surface area contributed by atoms with Crippen LogP contribution in [0.15, 0.2) is 35.4 Å². The molecule has 0 saturated heterocycles. The quantitative estimate of drug-likeness (QED) is 0.447.